The molecule has 0 saturated heterocycles. The lowest BCUT2D eigenvalue weighted by Gasteiger charge is -2.24. The summed E-state index contributed by atoms with van der Waals surface area (Å²) >= 11 is 0. The molecule has 0 saturated carbocycles. The largest absolute Gasteiger partial charge is 0.377 e. The smallest absolute Gasteiger partial charge is 0.246 e. The average Bonchev–Trinajstić information content (AvgIpc) is 2.60. The molecule has 0 aliphatic carbocycles. The number of hydrogen-bond donors (Lipinski definition) is 2. The van der Waals surface area contributed by atoms with E-state index in [2.05, 4.69) is 11.8 Å². The number of nitrogens with one attached hydrogen (secondary N) is 1. The van der Waals surface area contributed by atoms with E-state index < -0.39 is 5.91 Å². The number of hydroxylamine groups is 1. The van der Waals surface area contributed by atoms with Crippen molar-refractivity contribution in [3.63, 3.8) is 0 Å². The predicted octanol–water partition coefficient (Wildman–Crippen LogP) is 3.15. The molecule has 1 amide bonds. The molecular formula is C18H29FN2O3. The number of amides is 1. The Hall–Kier alpha value is -1.50. The summed E-state index contributed by atoms with van der Waals surface area (Å²) in [5.41, 5.74) is 2.56. The van der Waals surface area contributed by atoms with Crippen LogP contribution in [0.4, 0.5) is 4.39 Å². The van der Waals surface area contributed by atoms with E-state index in [-0.39, 0.29) is 17.8 Å². The van der Waals surface area contributed by atoms with Crippen LogP contribution >= 0.6 is 0 Å². The Morgan fingerprint density at radius 3 is 2.54 bits per heavy atom. The fourth-order valence-electron chi connectivity index (χ4n) is 2.67. The van der Waals surface area contributed by atoms with Crippen molar-refractivity contribution in [1.29, 1.82) is 0 Å². The number of ether oxygens (including phenoxy) is 1. The van der Waals surface area contributed by atoms with Gasteiger partial charge in [-0.25, -0.2) is 9.87 Å². The van der Waals surface area contributed by atoms with Gasteiger partial charge in [-0.15, -0.1) is 0 Å². The highest BCUT2D eigenvalue weighted by molar-refractivity contribution is 5.77. The molecule has 0 heterocycles. The van der Waals surface area contributed by atoms with Gasteiger partial charge in [0, 0.05) is 13.0 Å². The second-order valence-corrected chi connectivity index (χ2v) is 6.13. The fraction of sp³-hybridized carbons (Fsp3) is 0.611. The van der Waals surface area contributed by atoms with Gasteiger partial charge in [-0.3, -0.25) is 10.0 Å². The lowest BCUT2D eigenvalue weighted by Crippen LogP contribution is -2.32. The molecule has 1 aromatic carbocycles. The normalized spacial score (nSPS) is 13.8. The van der Waals surface area contributed by atoms with Crippen LogP contribution in [0, 0.1) is 11.7 Å². The van der Waals surface area contributed by atoms with E-state index in [1.807, 2.05) is 7.05 Å². The molecule has 1 aromatic rings. The Balaban J connectivity index is 2.69. The first-order valence-corrected chi connectivity index (χ1v) is 8.42. The van der Waals surface area contributed by atoms with Crippen molar-refractivity contribution >= 4 is 5.91 Å². The molecule has 0 fully saturated rings. The highest BCUT2D eigenvalue weighted by Gasteiger charge is 2.24. The Morgan fingerprint density at radius 2 is 2.00 bits per heavy atom. The van der Waals surface area contributed by atoms with Crippen molar-refractivity contribution in [3.8, 4) is 0 Å². The minimum Gasteiger partial charge on any atom is -0.377 e. The number of methoxy groups -OCH3 is 1. The standard InChI is InChI=1S/C18H29FN2O3/c1-4-5-11-21(2)12-10-15(18(22)20-23)13-17(24-3)14-6-8-16(19)9-7-14/h6-9,15,17,23H,4-5,10-13H2,1-3H3,(H,20,22)/t15-,17?/m0/s1. The third-order valence-corrected chi connectivity index (χ3v) is 4.26. The number of nitrogens with zero attached hydrogens (tertiary/aromatic N) is 1. The van der Waals surface area contributed by atoms with Crippen LogP contribution < -0.4 is 5.48 Å². The fourth-order valence-corrected chi connectivity index (χ4v) is 2.67. The van der Waals surface area contributed by atoms with Crippen LogP contribution in [-0.4, -0.2) is 43.3 Å². The molecule has 1 unspecified atom stereocenters. The molecule has 6 heteroatoms. The first-order valence-electron chi connectivity index (χ1n) is 8.42. The second-order valence-electron chi connectivity index (χ2n) is 6.13. The van der Waals surface area contributed by atoms with Crippen LogP contribution in [0.1, 0.15) is 44.3 Å². The van der Waals surface area contributed by atoms with Gasteiger partial charge in [0.15, 0.2) is 0 Å². The van der Waals surface area contributed by atoms with Crippen molar-refractivity contribution < 1.29 is 19.1 Å². The van der Waals surface area contributed by atoms with Gasteiger partial charge in [-0.05, 0) is 57.1 Å². The van der Waals surface area contributed by atoms with Crippen LogP contribution in [0.2, 0.25) is 0 Å². The third-order valence-electron chi connectivity index (χ3n) is 4.26. The van der Waals surface area contributed by atoms with E-state index in [1.54, 1.807) is 24.7 Å². The van der Waals surface area contributed by atoms with Crippen LogP contribution in [-0.2, 0) is 9.53 Å². The number of unbranched alkanes of at least 4 members (excludes halogenated alkanes) is 1. The third kappa shape index (κ3) is 6.95. The maximum atomic E-state index is 13.1. The zero-order valence-corrected chi connectivity index (χ0v) is 14.8. The lowest BCUT2D eigenvalue weighted by molar-refractivity contribution is -0.135. The van der Waals surface area contributed by atoms with Gasteiger partial charge in [-0.1, -0.05) is 25.5 Å². The van der Waals surface area contributed by atoms with Crippen molar-refractivity contribution in [3.05, 3.63) is 35.6 Å². The first kappa shape index (κ1) is 20.5. The molecule has 5 nitrogen and oxygen atoms in total. The van der Waals surface area contributed by atoms with Crippen LogP contribution in [0.3, 0.4) is 0 Å². The molecule has 2 atom stereocenters. The van der Waals surface area contributed by atoms with Crippen molar-refractivity contribution in [1.82, 2.24) is 10.4 Å². The van der Waals surface area contributed by atoms with Gasteiger partial charge < -0.3 is 9.64 Å². The number of carbonyl (C=O) groups is 1. The van der Waals surface area contributed by atoms with Crippen molar-refractivity contribution in [2.24, 2.45) is 5.92 Å². The topological polar surface area (TPSA) is 61.8 Å². The molecule has 0 aliphatic rings. The highest BCUT2D eigenvalue weighted by Crippen LogP contribution is 2.27. The quantitative estimate of drug-likeness (QED) is 0.480. The van der Waals surface area contributed by atoms with E-state index in [0.717, 1.165) is 31.5 Å². The maximum absolute atomic E-state index is 13.1. The lowest BCUT2D eigenvalue weighted by atomic mass is 9.93. The SMILES string of the molecule is CCCCN(C)CC[C@@H](CC(OC)c1ccc(F)cc1)C(=O)NO. The zero-order chi connectivity index (χ0) is 17.9. The summed E-state index contributed by atoms with van der Waals surface area (Å²) in [5, 5.41) is 9.00. The summed E-state index contributed by atoms with van der Waals surface area (Å²) in [6, 6.07) is 6.07. The predicted molar refractivity (Wildman–Crippen MR) is 91.2 cm³/mol. The molecule has 0 aliphatic heterocycles. The van der Waals surface area contributed by atoms with Gasteiger partial charge in [0.2, 0.25) is 5.91 Å². The molecule has 136 valence electrons. The number of carbonyl (C=O) groups excluding carboxylic acids is 1. The van der Waals surface area contributed by atoms with Crippen molar-refractivity contribution in [2.75, 3.05) is 27.2 Å². The van der Waals surface area contributed by atoms with Crippen LogP contribution in [0.25, 0.3) is 0 Å². The molecular weight excluding hydrogens is 311 g/mol. The summed E-state index contributed by atoms with van der Waals surface area (Å²) in [6.07, 6.45) is 2.96. The van der Waals surface area contributed by atoms with E-state index in [9.17, 15) is 9.18 Å². The Kier molecular flexibility index (Phi) is 9.52. The van der Waals surface area contributed by atoms with Gasteiger partial charge in [-0.2, -0.15) is 0 Å². The Bertz CT molecular complexity index is 482. The maximum Gasteiger partial charge on any atom is 0.246 e. The second kappa shape index (κ2) is 11.1. The molecule has 24 heavy (non-hydrogen) atoms. The number of benzene rings is 1. The van der Waals surface area contributed by atoms with Gasteiger partial charge in [0.1, 0.15) is 5.82 Å². The van der Waals surface area contributed by atoms with E-state index in [0.29, 0.717) is 12.8 Å². The molecule has 0 bridgehead atoms. The van der Waals surface area contributed by atoms with Gasteiger partial charge >= 0.3 is 0 Å². The van der Waals surface area contributed by atoms with Crippen LogP contribution in [0.15, 0.2) is 24.3 Å². The highest BCUT2D eigenvalue weighted by atomic mass is 19.1. The molecule has 2 N–H and O–H groups in total. The monoisotopic (exact) mass is 340 g/mol. The zero-order valence-electron chi connectivity index (χ0n) is 14.8. The number of hydrogen-bond acceptors (Lipinski definition) is 4. The number of rotatable bonds is 11. The number of halogens is 1. The summed E-state index contributed by atoms with van der Waals surface area (Å²) in [7, 11) is 3.59. The average molecular weight is 340 g/mol. The molecule has 1 rings (SSSR count). The molecule has 0 spiro atoms. The Labute approximate surface area is 143 Å². The summed E-state index contributed by atoms with van der Waals surface area (Å²) in [6.45, 7) is 3.88. The molecule has 0 aromatic heterocycles. The Morgan fingerprint density at radius 1 is 1.33 bits per heavy atom. The van der Waals surface area contributed by atoms with Gasteiger partial charge in [0.05, 0.1) is 6.10 Å². The molecule has 0 radical (unpaired) electrons. The van der Waals surface area contributed by atoms with Crippen molar-refractivity contribution in [2.45, 2.75) is 38.7 Å². The summed E-state index contributed by atoms with van der Waals surface area (Å²) < 4.78 is 18.5. The van der Waals surface area contributed by atoms with E-state index >= 15 is 0 Å². The van der Waals surface area contributed by atoms with Gasteiger partial charge in [0.25, 0.3) is 0 Å². The summed E-state index contributed by atoms with van der Waals surface area (Å²) in [5.74, 6) is -1.10. The summed E-state index contributed by atoms with van der Waals surface area (Å²) in [4.78, 5) is 14.2. The minimum atomic E-state index is -0.414. The minimum absolute atomic E-state index is 0.309. The first-order chi connectivity index (χ1) is 11.5. The van der Waals surface area contributed by atoms with E-state index in [1.165, 1.54) is 12.1 Å². The van der Waals surface area contributed by atoms with E-state index in [4.69, 9.17) is 9.94 Å². The van der Waals surface area contributed by atoms with Crippen LogP contribution in [0.5, 0.6) is 0 Å².